The molecule has 0 saturated carbocycles. The number of hydrogen-bond acceptors (Lipinski definition) is 2. The van der Waals surface area contributed by atoms with Gasteiger partial charge in [0, 0.05) is 12.0 Å². The van der Waals surface area contributed by atoms with Crippen LogP contribution in [0.1, 0.15) is 19.8 Å². The second-order valence-electron chi connectivity index (χ2n) is 2.02. The first-order valence-corrected chi connectivity index (χ1v) is 3.20. The molecular weight excluding hydrogens is 116 g/mol. The van der Waals surface area contributed by atoms with Gasteiger partial charge < -0.3 is 4.74 Å². The van der Waals surface area contributed by atoms with E-state index >= 15 is 0 Å². The SMILES string of the molecule is CC/C=C1/CCOC1=O. The number of hydrogen-bond donors (Lipinski definition) is 0. The van der Waals surface area contributed by atoms with E-state index in [0.29, 0.717) is 6.61 Å². The van der Waals surface area contributed by atoms with Crippen LogP contribution in [0.4, 0.5) is 0 Å². The topological polar surface area (TPSA) is 26.3 Å². The van der Waals surface area contributed by atoms with Crippen molar-refractivity contribution in [1.82, 2.24) is 0 Å². The van der Waals surface area contributed by atoms with Crippen LogP contribution in [-0.2, 0) is 9.53 Å². The van der Waals surface area contributed by atoms with Crippen LogP contribution in [0.2, 0.25) is 0 Å². The highest BCUT2D eigenvalue weighted by Crippen LogP contribution is 2.12. The molecule has 0 N–H and O–H groups in total. The Morgan fingerprint density at radius 2 is 2.56 bits per heavy atom. The summed E-state index contributed by atoms with van der Waals surface area (Å²) in [6.45, 7) is 2.59. The van der Waals surface area contributed by atoms with Crippen LogP contribution in [0.15, 0.2) is 11.6 Å². The Morgan fingerprint density at radius 1 is 1.78 bits per heavy atom. The Kier molecular flexibility index (Phi) is 1.88. The second kappa shape index (κ2) is 2.67. The minimum Gasteiger partial charge on any atom is -0.462 e. The van der Waals surface area contributed by atoms with E-state index in [2.05, 4.69) is 0 Å². The standard InChI is InChI=1S/C7H10O2/c1-2-3-6-4-5-9-7(6)8/h3H,2,4-5H2,1H3/b6-3-. The van der Waals surface area contributed by atoms with E-state index in [-0.39, 0.29) is 5.97 Å². The van der Waals surface area contributed by atoms with Gasteiger partial charge in [0.15, 0.2) is 0 Å². The molecule has 2 nitrogen and oxygen atoms in total. The third kappa shape index (κ3) is 1.31. The largest absolute Gasteiger partial charge is 0.462 e. The molecule has 0 atom stereocenters. The molecule has 0 bridgehead atoms. The molecule has 0 spiro atoms. The highest BCUT2D eigenvalue weighted by atomic mass is 16.5. The molecule has 50 valence electrons. The lowest BCUT2D eigenvalue weighted by atomic mass is 10.2. The van der Waals surface area contributed by atoms with Crippen LogP contribution in [0.3, 0.4) is 0 Å². The lowest BCUT2D eigenvalue weighted by molar-refractivity contribution is -0.135. The van der Waals surface area contributed by atoms with Crippen LogP contribution in [0.5, 0.6) is 0 Å². The molecular formula is C7H10O2. The molecule has 0 aliphatic carbocycles. The fourth-order valence-corrected chi connectivity index (χ4v) is 0.880. The van der Waals surface area contributed by atoms with Crippen LogP contribution in [0.25, 0.3) is 0 Å². The third-order valence-corrected chi connectivity index (χ3v) is 1.32. The zero-order chi connectivity index (χ0) is 6.69. The number of esters is 1. The van der Waals surface area contributed by atoms with Gasteiger partial charge in [0.05, 0.1) is 6.61 Å². The summed E-state index contributed by atoms with van der Waals surface area (Å²) in [6.07, 6.45) is 3.65. The molecule has 1 fully saturated rings. The van der Waals surface area contributed by atoms with Crippen molar-refractivity contribution in [2.24, 2.45) is 0 Å². The first-order valence-electron chi connectivity index (χ1n) is 3.20. The molecule has 1 aliphatic heterocycles. The van der Waals surface area contributed by atoms with Gasteiger partial charge in [-0.25, -0.2) is 4.79 Å². The van der Waals surface area contributed by atoms with E-state index < -0.39 is 0 Å². The Labute approximate surface area is 54.5 Å². The van der Waals surface area contributed by atoms with Gasteiger partial charge >= 0.3 is 5.97 Å². The molecule has 1 aliphatic rings. The molecule has 0 radical (unpaired) electrons. The third-order valence-electron chi connectivity index (χ3n) is 1.32. The number of allylic oxidation sites excluding steroid dienone is 1. The fraction of sp³-hybridized carbons (Fsp3) is 0.571. The molecule has 9 heavy (non-hydrogen) atoms. The second-order valence-corrected chi connectivity index (χ2v) is 2.02. The van der Waals surface area contributed by atoms with Crippen molar-refractivity contribution < 1.29 is 9.53 Å². The van der Waals surface area contributed by atoms with Gasteiger partial charge in [-0.15, -0.1) is 0 Å². The maximum Gasteiger partial charge on any atom is 0.333 e. The number of ether oxygens (including phenoxy) is 1. The van der Waals surface area contributed by atoms with Gasteiger partial charge in [0.2, 0.25) is 0 Å². The molecule has 0 unspecified atom stereocenters. The van der Waals surface area contributed by atoms with E-state index in [0.717, 1.165) is 18.4 Å². The van der Waals surface area contributed by atoms with Crippen LogP contribution in [-0.4, -0.2) is 12.6 Å². The van der Waals surface area contributed by atoms with Crippen molar-refractivity contribution in [2.75, 3.05) is 6.61 Å². The van der Waals surface area contributed by atoms with Gasteiger partial charge in [-0.1, -0.05) is 13.0 Å². The predicted octanol–water partition coefficient (Wildman–Crippen LogP) is 1.27. The van der Waals surface area contributed by atoms with Crippen molar-refractivity contribution >= 4 is 5.97 Å². The predicted molar refractivity (Wildman–Crippen MR) is 33.9 cm³/mol. The molecule has 1 rings (SSSR count). The number of carbonyl (C=O) groups is 1. The Morgan fingerprint density at radius 3 is 3.00 bits per heavy atom. The van der Waals surface area contributed by atoms with Crippen molar-refractivity contribution in [3.63, 3.8) is 0 Å². The summed E-state index contributed by atoms with van der Waals surface area (Å²) in [4.78, 5) is 10.7. The normalized spacial score (nSPS) is 22.8. The molecule has 0 amide bonds. The lowest BCUT2D eigenvalue weighted by Gasteiger charge is -1.86. The van der Waals surface area contributed by atoms with E-state index in [1.54, 1.807) is 0 Å². The zero-order valence-corrected chi connectivity index (χ0v) is 5.52. The van der Waals surface area contributed by atoms with E-state index in [1.165, 1.54) is 0 Å². The van der Waals surface area contributed by atoms with Gasteiger partial charge in [-0.3, -0.25) is 0 Å². The van der Waals surface area contributed by atoms with E-state index in [9.17, 15) is 4.79 Å². The van der Waals surface area contributed by atoms with Crippen LogP contribution < -0.4 is 0 Å². The average molecular weight is 126 g/mol. The zero-order valence-electron chi connectivity index (χ0n) is 5.52. The molecule has 0 aromatic rings. The van der Waals surface area contributed by atoms with E-state index in [1.807, 2.05) is 13.0 Å². The van der Waals surface area contributed by atoms with Crippen molar-refractivity contribution in [1.29, 1.82) is 0 Å². The molecule has 2 heteroatoms. The monoisotopic (exact) mass is 126 g/mol. The minimum atomic E-state index is -0.128. The van der Waals surface area contributed by atoms with Crippen LogP contribution >= 0.6 is 0 Å². The van der Waals surface area contributed by atoms with Gasteiger partial charge in [0.25, 0.3) is 0 Å². The van der Waals surface area contributed by atoms with Crippen molar-refractivity contribution in [3.05, 3.63) is 11.6 Å². The Hall–Kier alpha value is -0.790. The van der Waals surface area contributed by atoms with E-state index in [4.69, 9.17) is 4.74 Å². The summed E-state index contributed by atoms with van der Waals surface area (Å²) < 4.78 is 4.71. The number of rotatable bonds is 1. The maximum absolute atomic E-state index is 10.7. The molecule has 1 heterocycles. The average Bonchev–Trinajstić information content (AvgIpc) is 2.18. The Balaban J connectivity index is 2.59. The molecule has 0 aromatic heterocycles. The highest BCUT2D eigenvalue weighted by Gasteiger charge is 2.16. The van der Waals surface area contributed by atoms with Crippen molar-refractivity contribution in [2.45, 2.75) is 19.8 Å². The number of cyclic esters (lactones) is 1. The quantitative estimate of drug-likeness (QED) is 0.390. The first kappa shape index (κ1) is 6.33. The minimum absolute atomic E-state index is 0.128. The summed E-state index contributed by atoms with van der Waals surface area (Å²) in [5.41, 5.74) is 0.845. The Bertz CT molecular complexity index is 147. The summed E-state index contributed by atoms with van der Waals surface area (Å²) in [5, 5.41) is 0. The fourth-order valence-electron chi connectivity index (χ4n) is 0.880. The van der Waals surface area contributed by atoms with Gasteiger partial charge in [-0.05, 0) is 6.42 Å². The first-order chi connectivity index (χ1) is 4.34. The molecule has 1 saturated heterocycles. The van der Waals surface area contributed by atoms with Crippen molar-refractivity contribution in [3.8, 4) is 0 Å². The smallest absolute Gasteiger partial charge is 0.333 e. The number of carbonyl (C=O) groups excluding carboxylic acids is 1. The summed E-state index contributed by atoms with van der Waals surface area (Å²) in [5.74, 6) is -0.128. The summed E-state index contributed by atoms with van der Waals surface area (Å²) in [7, 11) is 0. The van der Waals surface area contributed by atoms with Gasteiger partial charge in [0.1, 0.15) is 0 Å². The highest BCUT2D eigenvalue weighted by molar-refractivity contribution is 5.90. The molecule has 0 aromatic carbocycles. The van der Waals surface area contributed by atoms with Crippen LogP contribution in [0, 0.1) is 0 Å². The summed E-state index contributed by atoms with van der Waals surface area (Å²) >= 11 is 0. The summed E-state index contributed by atoms with van der Waals surface area (Å²) in [6, 6.07) is 0. The van der Waals surface area contributed by atoms with Gasteiger partial charge in [-0.2, -0.15) is 0 Å². The lowest BCUT2D eigenvalue weighted by Crippen LogP contribution is -1.93. The maximum atomic E-state index is 10.7.